The van der Waals surface area contributed by atoms with Gasteiger partial charge in [-0.15, -0.1) is 12.4 Å². The molecule has 25 heavy (non-hydrogen) atoms. The maximum absolute atomic E-state index is 12.1. The van der Waals surface area contributed by atoms with Crippen molar-refractivity contribution >= 4 is 24.0 Å². The smallest absolute Gasteiger partial charge is 0.227 e. The van der Waals surface area contributed by atoms with Crippen LogP contribution < -0.4 is 15.8 Å². The highest BCUT2D eigenvalue weighted by atomic mass is 35.5. The standard InChI is InChI=1S/C19H24N2O3.ClH/c1-14-8-9-17(21-19(22)11-16(12-20)23-2)18(10-14)24-13-15-6-4-3-5-7-15;/h3-10,16H,11-13,20H2,1-2H3,(H,21,22);1H. The van der Waals surface area contributed by atoms with Crippen molar-refractivity contribution in [2.45, 2.75) is 26.1 Å². The van der Waals surface area contributed by atoms with E-state index in [0.717, 1.165) is 11.1 Å². The van der Waals surface area contributed by atoms with Crippen LogP contribution in [0.5, 0.6) is 5.75 Å². The number of nitrogens with two attached hydrogens (primary N) is 1. The van der Waals surface area contributed by atoms with Gasteiger partial charge in [-0.1, -0.05) is 36.4 Å². The first-order chi connectivity index (χ1) is 11.6. The van der Waals surface area contributed by atoms with E-state index >= 15 is 0 Å². The zero-order valence-corrected chi connectivity index (χ0v) is 15.3. The quantitative estimate of drug-likeness (QED) is 0.753. The number of nitrogens with one attached hydrogen (secondary N) is 1. The lowest BCUT2D eigenvalue weighted by Gasteiger charge is -2.16. The second-order valence-corrected chi connectivity index (χ2v) is 5.62. The Morgan fingerprint density at radius 2 is 1.92 bits per heavy atom. The maximum Gasteiger partial charge on any atom is 0.227 e. The van der Waals surface area contributed by atoms with Gasteiger partial charge in [-0.05, 0) is 30.2 Å². The van der Waals surface area contributed by atoms with Gasteiger partial charge in [0.05, 0.1) is 18.2 Å². The molecule has 2 aromatic carbocycles. The number of hydrogen-bond donors (Lipinski definition) is 2. The fourth-order valence-electron chi connectivity index (χ4n) is 2.26. The maximum atomic E-state index is 12.1. The van der Waals surface area contributed by atoms with E-state index in [1.165, 1.54) is 0 Å². The van der Waals surface area contributed by atoms with Crippen molar-refractivity contribution in [1.82, 2.24) is 0 Å². The van der Waals surface area contributed by atoms with Crippen molar-refractivity contribution in [3.63, 3.8) is 0 Å². The van der Waals surface area contributed by atoms with Crippen LogP contribution in [0.15, 0.2) is 48.5 Å². The third-order valence-corrected chi connectivity index (χ3v) is 3.66. The summed E-state index contributed by atoms with van der Waals surface area (Å²) in [6, 6.07) is 15.6. The fourth-order valence-corrected chi connectivity index (χ4v) is 2.26. The molecule has 136 valence electrons. The first-order valence-corrected chi connectivity index (χ1v) is 7.92. The molecule has 1 unspecified atom stereocenters. The van der Waals surface area contributed by atoms with Crippen LogP contribution in [0.4, 0.5) is 5.69 Å². The van der Waals surface area contributed by atoms with Crippen LogP contribution in [-0.2, 0) is 16.1 Å². The van der Waals surface area contributed by atoms with Crippen LogP contribution in [0, 0.1) is 6.92 Å². The number of methoxy groups -OCH3 is 1. The summed E-state index contributed by atoms with van der Waals surface area (Å²) in [5, 5.41) is 2.87. The van der Waals surface area contributed by atoms with Gasteiger partial charge in [0.15, 0.2) is 0 Å². The molecule has 0 aliphatic rings. The number of aryl methyl sites for hydroxylation is 1. The second-order valence-electron chi connectivity index (χ2n) is 5.62. The Morgan fingerprint density at radius 3 is 2.56 bits per heavy atom. The highest BCUT2D eigenvalue weighted by molar-refractivity contribution is 5.92. The number of benzene rings is 2. The van der Waals surface area contributed by atoms with Crippen LogP contribution in [0.3, 0.4) is 0 Å². The summed E-state index contributed by atoms with van der Waals surface area (Å²) in [5.41, 5.74) is 8.33. The van der Waals surface area contributed by atoms with Crippen molar-refractivity contribution in [3.05, 3.63) is 59.7 Å². The van der Waals surface area contributed by atoms with Crippen molar-refractivity contribution < 1.29 is 14.3 Å². The average Bonchev–Trinajstić information content (AvgIpc) is 2.60. The van der Waals surface area contributed by atoms with Gasteiger partial charge in [0, 0.05) is 13.7 Å². The molecule has 0 heterocycles. The average molecular weight is 365 g/mol. The zero-order chi connectivity index (χ0) is 17.4. The molecular weight excluding hydrogens is 340 g/mol. The Labute approximate surface area is 154 Å². The predicted molar refractivity (Wildman–Crippen MR) is 102 cm³/mol. The number of anilines is 1. The van der Waals surface area contributed by atoms with Crippen molar-refractivity contribution in [2.24, 2.45) is 5.73 Å². The second kappa shape index (κ2) is 10.7. The van der Waals surface area contributed by atoms with Crippen LogP contribution >= 0.6 is 12.4 Å². The van der Waals surface area contributed by atoms with Gasteiger partial charge in [-0.2, -0.15) is 0 Å². The van der Waals surface area contributed by atoms with Gasteiger partial charge in [0.1, 0.15) is 12.4 Å². The number of rotatable bonds is 8. The van der Waals surface area contributed by atoms with Crippen LogP contribution in [0.2, 0.25) is 0 Å². The number of hydrogen-bond acceptors (Lipinski definition) is 4. The normalized spacial score (nSPS) is 11.3. The fraction of sp³-hybridized carbons (Fsp3) is 0.316. The number of halogens is 1. The Bertz CT molecular complexity index is 661. The minimum atomic E-state index is -0.288. The third-order valence-electron chi connectivity index (χ3n) is 3.66. The molecule has 0 radical (unpaired) electrons. The van der Waals surface area contributed by atoms with Crippen LogP contribution in [0.25, 0.3) is 0 Å². The van der Waals surface area contributed by atoms with Gasteiger partial charge in [0.25, 0.3) is 0 Å². The molecule has 1 amide bonds. The summed E-state index contributed by atoms with van der Waals surface area (Å²) in [6.07, 6.45) is -0.0805. The first-order valence-electron chi connectivity index (χ1n) is 7.92. The molecule has 5 nitrogen and oxygen atoms in total. The zero-order valence-electron chi connectivity index (χ0n) is 14.5. The summed E-state index contributed by atoms with van der Waals surface area (Å²) in [7, 11) is 1.55. The number of carbonyl (C=O) groups excluding carboxylic acids is 1. The first kappa shape index (κ1) is 21.0. The van der Waals surface area contributed by atoms with Crippen molar-refractivity contribution in [3.8, 4) is 5.75 Å². The molecule has 1 atom stereocenters. The van der Waals surface area contributed by atoms with Crippen LogP contribution in [0.1, 0.15) is 17.5 Å². The largest absolute Gasteiger partial charge is 0.487 e. The van der Waals surface area contributed by atoms with Crippen molar-refractivity contribution in [1.29, 1.82) is 0 Å². The highest BCUT2D eigenvalue weighted by Gasteiger charge is 2.14. The molecule has 2 aromatic rings. The topological polar surface area (TPSA) is 73.6 Å². The van der Waals surface area contributed by atoms with Gasteiger partial charge < -0.3 is 20.5 Å². The summed E-state index contributed by atoms with van der Waals surface area (Å²) in [4.78, 5) is 12.1. The monoisotopic (exact) mass is 364 g/mol. The van der Waals surface area contributed by atoms with Gasteiger partial charge >= 0.3 is 0 Å². The van der Waals surface area contributed by atoms with E-state index in [4.69, 9.17) is 15.2 Å². The Kier molecular flexibility index (Phi) is 8.99. The molecule has 0 bridgehead atoms. The van der Waals surface area contributed by atoms with Gasteiger partial charge in [-0.25, -0.2) is 0 Å². The van der Waals surface area contributed by atoms with E-state index in [9.17, 15) is 4.79 Å². The minimum Gasteiger partial charge on any atom is -0.487 e. The molecule has 0 fully saturated rings. The lowest BCUT2D eigenvalue weighted by atomic mass is 10.2. The number of ether oxygens (including phenoxy) is 2. The molecule has 0 aromatic heterocycles. The molecule has 0 aliphatic heterocycles. The SMILES string of the molecule is COC(CN)CC(=O)Nc1ccc(C)cc1OCc1ccccc1.Cl. The molecule has 2 rings (SSSR count). The van der Waals surface area contributed by atoms with Crippen LogP contribution in [-0.4, -0.2) is 25.7 Å². The molecule has 0 saturated carbocycles. The molecule has 6 heteroatoms. The van der Waals surface area contributed by atoms with Gasteiger partial charge in [-0.3, -0.25) is 4.79 Å². The summed E-state index contributed by atoms with van der Waals surface area (Å²) in [6.45, 7) is 2.72. The van der Waals surface area contributed by atoms with E-state index in [1.807, 2.05) is 55.5 Å². The van der Waals surface area contributed by atoms with E-state index in [0.29, 0.717) is 24.6 Å². The summed E-state index contributed by atoms with van der Waals surface area (Å²) < 4.78 is 11.0. The Morgan fingerprint density at radius 1 is 1.20 bits per heavy atom. The lowest BCUT2D eigenvalue weighted by molar-refractivity contribution is -0.118. The number of carbonyl (C=O) groups is 1. The van der Waals surface area contributed by atoms with Gasteiger partial charge in [0.2, 0.25) is 5.91 Å². The molecule has 3 N–H and O–H groups in total. The number of amides is 1. The predicted octanol–water partition coefficient (Wildman–Crippen LogP) is 3.30. The lowest BCUT2D eigenvalue weighted by Crippen LogP contribution is -2.28. The summed E-state index contributed by atoms with van der Waals surface area (Å²) in [5.74, 6) is 0.495. The third kappa shape index (κ3) is 6.74. The molecule has 0 spiro atoms. The summed E-state index contributed by atoms with van der Waals surface area (Å²) >= 11 is 0. The molecule has 0 aliphatic carbocycles. The highest BCUT2D eigenvalue weighted by Crippen LogP contribution is 2.27. The Hall–Kier alpha value is -2.08. The van der Waals surface area contributed by atoms with Crippen molar-refractivity contribution in [2.75, 3.05) is 19.0 Å². The minimum absolute atomic E-state index is 0. The van der Waals surface area contributed by atoms with E-state index < -0.39 is 0 Å². The van der Waals surface area contributed by atoms with E-state index in [2.05, 4.69) is 5.32 Å². The van der Waals surface area contributed by atoms with E-state index in [1.54, 1.807) is 7.11 Å². The Balaban J connectivity index is 0.00000312. The molecule has 0 saturated heterocycles. The molecular formula is C19H25ClN2O3. The van der Waals surface area contributed by atoms with E-state index in [-0.39, 0.29) is 30.8 Å².